The van der Waals surface area contributed by atoms with Crippen LogP contribution in [0, 0.1) is 5.82 Å². The molecule has 0 saturated carbocycles. The number of phenolic OH excluding ortho intramolecular Hbond substituents is 1. The van der Waals surface area contributed by atoms with Crippen LogP contribution >= 0.6 is 7.26 Å². The first-order valence-electron chi connectivity index (χ1n) is 11.0. The van der Waals surface area contributed by atoms with E-state index < -0.39 is 18.8 Å². The molecule has 0 aliphatic carbocycles. The van der Waals surface area contributed by atoms with Crippen LogP contribution in [0.5, 0.6) is 5.75 Å². The molecule has 1 atom stereocenters. The average Bonchev–Trinajstić information content (AvgIpc) is 3.25. The van der Waals surface area contributed by atoms with E-state index in [-0.39, 0.29) is 34.2 Å². The van der Waals surface area contributed by atoms with Crippen molar-refractivity contribution >= 4 is 34.8 Å². The van der Waals surface area contributed by atoms with Gasteiger partial charge < -0.3 is 27.0 Å². The molecule has 0 radical (unpaired) electrons. The highest BCUT2D eigenvalue weighted by Crippen LogP contribution is 2.62. The standard InChI is InChI=1S/C28H23FNO2P.BrH/c29-24-17-10-18-25(27(24)31)30-20-19-26(28(30)32)33(21-11-4-1-5-12-21,22-13-6-2-7-14-22)23-15-8-3-9-16-23;/h1-18,26H,19-20H2;1H/t26-;/m1./s1. The van der Waals surface area contributed by atoms with Gasteiger partial charge in [0.2, 0.25) is 0 Å². The fourth-order valence-corrected chi connectivity index (χ4v) is 9.84. The number of carbonyl (C=O) groups excluding carboxylic acids is 1. The zero-order chi connectivity index (χ0) is 22.8. The Balaban J connectivity index is 0.00000274. The summed E-state index contributed by atoms with van der Waals surface area (Å²) in [6.07, 6.45) is 0.612. The third-order valence-corrected chi connectivity index (χ3v) is 11.1. The number of rotatable bonds is 5. The molecular formula is C28H24BrFNO2P. The number of hydrogen-bond acceptors (Lipinski definition) is 2. The molecule has 34 heavy (non-hydrogen) atoms. The first-order chi connectivity index (χ1) is 16.1. The van der Waals surface area contributed by atoms with Gasteiger partial charge in [0.05, 0.1) is 5.69 Å². The van der Waals surface area contributed by atoms with Gasteiger partial charge in [-0.05, 0) is 48.5 Å². The first-order valence-corrected chi connectivity index (χ1v) is 12.8. The van der Waals surface area contributed by atoms with Gasteiger partial charge in [0, 0.05) is 13.0 Å². The zero-order valence-corrected chi connectivity index (χ0v) is 20.9. The molecule has 3 nitrogen and oxygen atoms in total. The summed E-state index contributed by atoms with van der Waals surface area (Å²) in [7, 11) is -2.41. The summed E-state index contributed by atoms with van der Waals surface area (Å²) < 4.78 is 14.1. The Morgan fingerprint density at radius 2 is 1.21 bits per heavy atom. The largest absolute Gasteiger partial charge is 1.00 e. The summed E-state index contributed by atoms with van der Waals surface area (Å²) in [5, 5.41) is 13.7. The van der Waals surface area contributed by atoms with Crippen molar-refractivity contribution in [3.05, 3.63) is 115 Å². The normalized spacial score (nSPS) is 15.7. The summed E-state index contributed by atoms with van der Waals surface area (Å²) in [4.78, 5) is 15.6. The molecular weight excluding hydrogens is 512 g/mol. The molecule has 1 heterocycles. The molecule has 5 rings (SSSR count). The maximum Gasteiger partial charge on any atom is 0.269 e. The molecule has 4 aromatic rings. The Hall–Kier alpha value is -3.01. The van der Waals surface area contributed by atoms with Gasteiger partial charge in [0.25, 0.3) is 5.91 Å². The lowest BCUT2D eigenvalue weighted by Gasteiger charge is -2.32. The van der Waals surface area contributed by atoms with Crippen molar-refractivity contribution < 1.29 is 31.3 Å². The van der Waals surface area contributed by atoms with Crippen LogP contribution in [-0.4, -0.2) is 23.2 Å². The minimum Gasteiger partial charge on any atom is -1.00 e. The smallest absolute Gasteiger partial charge is 0.269 e. The van der Waals surface area contributed by atoms with Crippen molar-refractivity contribution in [2.45, 2.75) is 12.1 Å². The molecule has 6 heteroatoms. The Bertz CT molecular complexity index is 1170. The minimum atomic E-state index is -2.41. The molecule has 0 spiro atoms. The van der Waals surface area contributed by atoms with Crippen LogP contribution in [0.1, 0.15) is 6.42 Å². The molecule has 1 N–H and O–H groups in total. The Morgan fingerprint density at radius 3 is 1.68 bits per heavy atom. The Labute approximate surface area is 210 Å². The number of halogens is 2. The van der Waals surface area contributed by atoms with Crippen LogP contribution in [-0.2, 0) is 4.79 Å². The molecule has 1 amide bonds. The van der Waals surface area contributed by atoms with Gasteiger partial charge in [-0.2, -0.15) is 0 Å². The van der Waals surface area contributed by atoms with E-state index in [1.165, 1.54) is 12.1 Å². The monoisotopic (exact) mass is 535 g/mol. The Kier molecular flexibility index (Phi) is 7.16. The van der Waals surface area contributed by atoms with Gasteiger partial charge in [0.1, 0.15) is 23.2 Å². The van der Waals surface area contributed by atoms with E-state index in [9.17, 15) is 14.3 Å². The van der Waals surface area contributed by atoms with Gasteiger partial charge in [-0.1, -0.05) is 60.7 Å². The zero-order valence-electron chi connectivity index (χ0n) is 18.4. The van der Waals surface area contributed by atoms with E-state index in [2.05, 4.69) is 36.4 Å². The molecule has 1 aliphatic heterocycles. The summed E-state index contributed by atoms with van der Waals surface area (Å²) in [6.45, 7) is 0.425. The lowest BCUT2D eigenvalue weighted by Crippen LogP contribution is -3.00. The number of aromatic hydroxyl groups is 1. The van der Waals surface area contributed by atoms with Crippen molar-refractivity contribution in [2.75, 3.05) is 11.4 Å². The summed E-state index contributed by atoms with van der Waals surface area (Å²) in [5.74, 6) is -1.28. The maximum atomic E-state index is 14.1. The summed E-state index contributed by atoms with van der Waals surface area (Å²) in [6, 6.07) is 35.1. The van der Waals surface area contributed by atoms with Gasteiger partial charge in [0.15, 0.2) is 17.2 Å². The van der Waals surface area contributed by atoms with Crippen molar-refractivity contribution in [3.8, 4) is 5.75 Å². The third kappa shape index (κ3) is 3.93. The molecule has 0 aromatic heterocycles. The predicted molar refractivity (Wildman–Crippen MR) is 134 cm³/mol. The number of anilines is 1. The van der Waals surface area contributed by atoms with Gasteiger partial charge >= 0.3 is 0 Å². The molecule has 4 aromatic carbocycles. The van der Waals surface area contributed by atoms with E-state index >= 15 is 0 Å². The van der Waals surface area contributed by atoms with Gasteiger partial charge in [-0.15, -0.1) is 0 Å². The van der Waals surface area contributed by atoms with Crippen LogP contribution in [0.2, 0.25) is 0 Å². The highest BCUT2D eigenvalue weighted by molar-refractivity contribution is 7.97. The summed E-state index contributed by atoms with van der Waals surface area (Å²) in [5.41, 5.74) is -0.0952. The number of hydrogen-bond donors (Lipinski definition) is 1. The molecule has 0 unspecified atom stereocenters. The average molecular weight is 536 g/mol. The van der Waals surface area contributed by atoms with Crippen LogP contribution in [0.4, 0.5) is 10.1 Å². The van der Waals surface area contributed by atoms with Crippen molar-refractivity contribution in [1.82, 2.24) is 0 Å². The second-order valence-electron chi connectivity index (χ2n) is 8.13. The highest BCUT2D eigenvalue weighted by Gasteiger charge is 2.58. The van der Waals surface area contributed by atoms with Crippen LogP contribution in [0.25, 0.3) is 0 Å². The fourth-order valence-electron chi connectivity index (χ4n) is 4.96. The highest BCUT2D eigenvalue weighted by atomic mass is 79.9. The first kappa shape index (κ1) is 24.1. The predicted octanol–water partition coefficient (Wildman–Crippen LogP) is 1.63. The van der Waals surface area contributed by atoms with Crippen molar-refractivity contribution in [3.63, 3.8) is 0 Å². The molecule has 0 bridgehead atoms. The van der Waals surface area contributed by atoms with Gasteiger partial charge in [-0.3, -0.25) is 4.79 Å². The molecule has 172 valence electrons. The second-order valence-corrected chi connectivity index (χ2v) is 11.7. The van der Waals surface area contributed by atoms with Crippen LogP contribution < -0.4 is 37.8 Å². The lowest BCUT2D eigenvalue weighted by atomic mass is 10.2. The van der Waals surface area contributed by atoms with Gasteiger partial charge in [-0.25, -0.2) is 4.39 Å². The lowest BCUT2D eigenvalue weighted by molar-refractivity contribution is -0.116. The van der Waals surface area contributed by atoms with Crippen LogP contribution in [0.15, 0.2) is 109 Å². The van der Waals surface area contributed by atoms with Crippen molar-refractivity contribution in [1.29, 1.82) is 0 Å². The number of benzene rings is 4. The second kappa shape index (κ2) is 10.1. The minimum absolute atomic E-state index is 0. The molecule has 1 saturated heterocycles. The number of nitrogens with zero attached hydrogens (tertiary/aromatic N) is 1. The number of amides is 1. The van der Waals surface area contributed by atoms with E-state index in [1.54, 1.807) is 11.0 Å². The van der Waals surface area contributed by atoms with E-state index in [4.69, 9.17) is 0 Å². The van der Waals surface area contributed by atoms with Crippen molar-refractivity contribution in [2.24, 2.45) is 0 Å². The number of phenols is 1. The quantitative estimate of drug-likeness (QED) is 0.395. The number of carbonyl (C=O) groups is 1. The summed E-state index contributed by atoms with van der Waals surface area (Å²) >= 11 is 0. The topological polar surface area (TPSA) is 40.5 Å². The SMILES string of the molecule is O=C1[C@H]([P+](c2ccccc2)(c2ccccc2)c2ccccc2)CCN1c1cccc(F)c1O.[Br-]. The third-order valence-electron chi connectivity index (χ3n) is 6.39. The number of para-hydroxylation sites is 1. The van der Waals surface area contributed by atoms with E-state index in [0.29, 0.717) is 13.0 Å². The van der Waals surface area contributed by atoms with E-state index in [0.717, 1.165) is 15.9 Å². The maximum absolute atomic E-state index is 14.1. The fraction of sp³-hybridized carbons (Fsp3) is 0.107. The Morgan fingerprint density at radius 1 is 0.735 bits per heavy atom. The molecule has 1 aliphatic rings. The van der Waals surface area contributed by atoms with E-state index in [1.807, 2.05) is 54.6 Å². The van der Waals surface area contributed by atoms with Crippen LogP contribution in [0.3, 0.4) is 0 Å². The molecule has 1 fully saturated rings.